The summed E-state index contributed by atoms with van der Waals surface area (Å²) in [6.45, 7) is 0.214. The van der Waals surface area contributed by atoms with Crippen LogP contribution in [0.15, 0.2) is 85.2 Å². The number of carbonyl (C=O) groups is 1. The summed E-state index contributed by atoms with van der Waals surface area (Å²) < 4.78 is 31.1. The number of nitrogens with zero attached hydrogens (tertiary/aromatic N) is 2. The standard InChI is InChI=1S/C26H22FN3O4/c1-32-20-7-4-8-22(14-20)34-26-23(9-5-13-29-26)25(31)30-16-18-10-11-21(15-24(18)27)33-17-19-6-2-3-12-28-19/h2-15H,16-17H2,1H3,(H,30,31). The van der Waals surface area contributed by atoms with E-state index in [9.17, 15) is 9.18 Å². The van der Waals surface area contributed by atoms with Crippen molar-refractivity contribution in [3.8, 4) is 23.1 Å². The van der Waals surface area contributed by atoms with Crippen molar-refractivity contribution >= 4 is 5.91 Å². The maximum absolute atomic E-state index is 14.6. The van der Waals surface area contributed by atoms with Gasteiger partial charge in [0.1, 0.15) is 35.2 Å². The minimum absolute atomic E-state index is 0.0152. The van der Waals surface area contributed by atoms with Crippen LogP contribution >= 0.6 is 0 Å². The first kappa shape index (κ1) is 22.7. The molecule has 0 unspecified atom stereocenters. The molecule has 172 valence electrons. The maximum atomic E-state index is 14.6. The zero-order valence-electron chi connectivity index (χ0n) is 18.4. The highest BCUT2D eigenvalue weighted by Crippen LogP contribution is 2.26. The van der Waals surface area contributed by atoms with Crippen LogP contribution < -0.4 is 19.5 Å². The Labute approximate surface area is 196 Å². The summed E-state index contributed by atoms with van der Waals surface area (Å²) in [5, 5.41) is 2.71. The third-order valence-electron chi connectivity index (χ3n) is 4.85. The van der Waals surface area contributed by atoms with Gasteiger partial charge >= 0.3 is 0 Å². The van der Waals surface area contributed by atoms with E-state index in [0.29, 0.717) is 22.8 Å². The topological polar surface area (TPSA) is 82.6 Å². The molecule has 1 N–H and O–H groups in total. The number of hydrogen-bond acceptors (Lipinski definition) is 6. The third-order valence-corrected chi connectivity index (χ3v) is 4.85. The van der Waals surface area contributed by atoms with Gasteiger partial charge in [-0.3, -0.25) is 9.78 Å². The average Bonchev–Trinajstić information content (AvgIpc) is 2.88. The first-order chi connectivity index (χ1) is 16.6. The van der Waals surface area contributed by atoms with E-state index >= 15 is 0 Å². The van der Waals surface area contributed by atoms with Gasteiger partial charge in [-0.15, -0.1) is 0 Å². The second kappa shape index (κ2) is 10.9. The molecule has 8 heteroatoms. The number of benzene rings is 2. The SMILES string of the molecule is COc1cccc(Oc2ncccc2C(=O)NCc2ccc(OCc3ccccn3)cc2F)c1. The summed E-state index contributed by atoms with van der Waals surface area (Å²) in [6, 6.07) is 20.2. The van der Waals surface area contributed by atoms with Crippen LogP contribution in [0.4, 0.5) is 4.39 Å². The fraction of sp³-hybridized carbons (Fsp3) is 0.115. The Hall–Kier alpha value is -4.46. The molecule has 0 radical (unpaired) electrons. The smallest absolute Gasteiger partial charge is 0.257 e. The van der Waals surface area contributed by atoms with Gasteiger partial charge in [0, 0.05) is 36.6 Å². The molecule has 4 rings (SSSR count). The molecule has 0 aliphatic heterocycles. The first-order valence-corrected chi connectivity index (χ1v) is 10.5. The molecule has 0 bridgehead atoms. The fourth-order valence-electron chi connectivity index (χ4n) is 3.09. The zero-order chi connectivity index (χ0) is 23.8. The molecule has 0 spiro atoms. The Morgan fingerprint density at radius 1 is 0.912 bits per heavy atom. The summed E-state index contributed by atoms with van der Waals surface area (Å²) in [6.07, 6.45) is 3.19. The number of rotatable bonds is 9. The predicted octanol–water partition coefficient (Wildman–Crippen LogP) is 4.93. The van der Waals surface area contributed by atoms with Crippen LogP contribution in [0.2, 0.25) is 0 Å². The Balaban J connectivity index is 1.39. The van der Waals surface area contributed by atoms with Crippen LogP contribution in [-0.4, -0.2) is 23.0 Å². The highest BCUT2D eigenvalue weighted by atomic mass is 19.1. The van der Waals surface area contributed by atoms with Crippen molar-refractivity contribution in [3.63, 3.8) is 0 Å². The van der Waals surface area contributed by atoms with Gasteiger partial charge in [-0.2, -0.15) is 0 Å². The molecule has 1 amide bonds. The third kappa shape index (κ3) is 5.86. The van der Waals surface area contributed by atoms with E-state index in [2.05, 4.69) is 15.3 Å². The molecule has 2 heterocycles. The van der Waals surface area contributed by atoms with Gasteiger partial charge in [-0.05, 0) is 42.5 Å². The monoisotopic (exact) mass is 459 g/mol. The fourth-order valence-corrected chi connectivity index (χ4v) is 3.09. The molecule has 4 aromatic rings. The van der Waals surface area contributed by atoms with Gasteiger partial charge in [0.05, 0.1) is 12.8 Å². The second-order valence-electron chi connectivity index (χ2n) is 7.18. The van der Waals surface area contributed by atoms with Gasteiger partial charge in [0.15, 0.2) is 0 Å². The quantitative estimate of drug-likeness (QED) is 0.382. The van der Waals surface area contributed by atoms with Crippen molar-refractivity contribution in [1.82, 2.24) is 15.3 Å². The summed E-state index contributed by atoms with van der Waals surface area (Å²) >= 11 is 0. The van der Waals surface area contributed by atoms with E-state index in [0.717, 1.165) is 5.69 Å². The zero-order valence-corrected chi connectivity index (χ0v) is 18.4. The van der Waals surface area contributed by atoms with Gasteiger partial charge < -0.3 is 19.5 Å². The molecule has 2 aromatic carbocycles. The van der Waals surface area contributed by atoms with E-state index in [1.807, 2.05) is 18.2 Å². The van der Waals surface area contributed by atoms with Crippen molar-refractivity contribution in [2.75, 3.05) is 7.11 Å². The number of methoxy groups -OCH3 is 1. The number of pyridine rings is 2. The summed E-state index contributed by atoms with van der Waals surface area (Å²) in [7, 11) is 1.55. The lowest BCUT2D eigenvalue weighted by molar-refractivity contribution is 0.0947. The Morgan fingerprint density at radius 3 is 2.56 bits per heavy atom. The summed E-state index contributed by atoms with van der Waals surface area (Å²) in [4.78, 5) is 21.1. The Bertz CT molecular complexity index is 1270. The van der Waals surface area contributed by atoms with Crippen LogP contribution in [0.3, 0.4) is 0 Å². The van der Waals surface area contributed by atoms with E-state index in [4.69, 9.17) is 14.2 Å². The number of amides is 1. The molecular formula is C26H22FN3O4. The molecule has 0 aliphatic rings. The van der Waals surface area contributed by atoms with Gasteiger partial charge in [0.2, 0.25) is 5.88 Å². The Kier molecular flexibility index (Phi) is 7.29. The molecule has 0 saturated carbocycles. The number of hydrogen-bond donors (Lipinski definition) is 1. The van der Waals surface area contributed by atoms with Crippen LogP contribution in [0.1, 0.15) is 21.6 Å². The number of halogens is 1. The van der Waals surface area contributed by atoms with Gasteiger partial charge in [-0.25, -0.2) is 9.37 Å². The molecule has 7 nitrogen and oxygen atoms in total. The van der Waals surface area contributed by atoms with Crippen molar-refractivity contribution < 1.29 is 23.4 Å². The van der Waals surface area contributed by atoms with Crippen LogP contribution in [0.5, 0.6) is 23.1 Å². The van der Waals surface area contributed by atoms with Crippen molar-refractivity contribution in [3.05, 3.63) is 108 Å². The minimum atomic E-state index is -0.488. The lowest BCUT2D eigenvalue weighted by Gasteiger charge is -2.12. The van der Waals surface area contributed by atoms with Gasteiger partial charge in [-0.1, -0.05) is 18.2 Å². The molecule has 34 heavy (non-hydrogen) atoms. The van der Waals surface area contributed by atoms with Crippen molar-refractivity contribution in [1.29, 1.82) is 0 Å². The van der Waals surface area contributed by atoms with E-state index in [-0.39, 0.29) is 24.6 Å². The normalized spacial score (nSPS) is 10.4. The lowest BCUT2D eigenvalue weighted by Crippen LogP contribution is -2.24. The molecule has 0 aliphatic carbocycles. The number of nitrogens with one attached hydrogen (secondary N) is 1. The lowest BCUT2D eigenvalue weighted by atomic mass is 10.2. The molecule has 0 fully saturated rings. The van der Waals surface area contributed by atoms with E-state index in [1.54, 1.807) is 61.8 Å². The molecule has 2 aromatic heterocycles. The highest BCUT2D eigenvalue weighted by Gasteiger charge is 2.15. The Morgan fingerprint density at radius 2 is 1.76 bits per heavy atom. The second-order valence-corrected chi connectivity index (χ2v) is 7.18. The minimum Gasteiger partial charge on any atom is -0.497 e. The molecule has 0 atom stereocenters. The van der Waals surface area contributed by atoms with Crippen LogP contribution in [0.25, 0.3) is 0 Å². The van der Waals surface area contributed by atoms with Crippen molar-refractivity contribution in [2.45, 2.75) is 13.2 Å². The van der Waals surface area contributed by atoms with Crippen LogP contribution in [-0.2, 0) is 13.2 Å². The predicted molar refractivity (Wildman–Crippen MR) is 123 cm³/mol. The molecular weight excluding hydrogens is 437 g/mol. The highest BCUT2D eigenvalue weighted by molar-refractivity contribution is 5.96. The van der Waals surface area contributed by atoms with Gasteiger partial charge in [0.25, 0.3) is 5.91 Å². The van der Waals surface area contributed by atoms with Crippen LogP contribution in [0, 0.1) is 5.82 Å². The number of ether oxygens (including phenoxy) is 3. The average molecular weight is 459 g/mol. The summed E-state index contributed by atoms with van der Waals surface area (Å²) in [5.74, 6) is 0.659. The van der Waals surface area contributed by atoms with Crippen molar-refractivity contribution in [2.24, 2.45) is 0 Å². The number of aromatic nitrogens is 2. The van der Waals surface area contributed by atoms with E-state index in [1.165, 1.54) is 12.3 Å². The molecule has 0 saturated heterocycles. The first-order valence-electron chi connectivity index (χ1n) is 10.5. The van der Waals surface area contributed by atoms with E-state index < -0.39 is 11.7 Å². The maximum Gasteiger partial charge on any atom is 0.257 e. The number of carbonyl (C=O) groups excluding carboxylic acids is 1. The summed E-state index contributed by atoms with van der Waals surface area (Å²) in [5.41, 5.74) is 1.28. The largest absolute Gasteiger partial charge is 0.497 e.